The molecule has 2 heterocycles. The molecular weight excluding hydrogens is 264 g/mol. The van der Waals surface area contributed by atoms with E-state index in [0.717, 1.165) is 32.2 Å². The molecule has 19 heavy (non-hydrogen) atoms. The van der Waals surface area contributed by atoms with E-state index in [1.54, 1.807) is 17.5 Å². The number of hydrogen-bond acceptors (Lipinski definition) is 4. The number of aromatic nitrogens is 2. The summed E-state index contributed by atoms with van der Waals surface area (Å²) in [5.41, 5.74) is 0. The van der Waals surface area contributed by atoms with E-state index in [4.69, 9.17) is 0 Å². The van der Waals surface area contributed by atoms with Gasteiger partial charge in [0.05, 0.1) is 6.20 Å². The van der Waals surface area contributed by atoms with Crippen LogP contribution in [0.3, 0.4) is 0 Å². The van der Waals surface area contributed by atoms with Crippen LogP contribution in [0.5, 0.6) is 0 Å². The normalized spacial score (nSPS) is 24.2. The average Bonchev–Trinajstić information content (AvgIpc) is 2.88. The van der Waals surface area contributed by atoms with E-state index in [9.17, 15) is 8.42 Å². The van der Waals surface area contributed by atoms with Gasteiger partial charge in [-0.05, 0) is 32.2 Å². The second kappa shape index (κ2) is 4.88. The van der Waals surface area contributed by atoms with Crippen LogP contribution in [0.15, 0.2) is 17.3 Å². The smallest absolute Gasteiger partial charge is 0.246 e. The molecule has 6 nitrogen and oxygen atoms in total. The van der Waals surface area contributed by atoms with Crippen molar-refractivity contribution in [3.05, 3.63) is 12.4 Å². The van der Waals surface area contributed by atoms with E-state index in [-0.39, 0.29) is 6.04 Å². The maximum Gasteiger partial charge on any atom is 0.246 e. The lowest BCUT2D eigenvalue weighted by atomic mass is 10.2. The lowest BCUT2D eigenvalue weighted by Gasteiger charge is -2.24. The topological polar surface area (TPSA) is 67.2 Å². The Morgan fingerprint density at radius 2 is 2.26 bits per heavy atom. The standard InChI is InChI=1S/C12H20N4O2S/c1-15-9-12(7-14-15)19(17,18)16(11-4-5-11)8-10-3-2-6-13-10/h7,9-11,13H,2-6,8H2,1H3. The average molecular weight is 284 g/mol. The zero-order valence-corrected chi connectivity index (χ0v) is 11.9. The molecule has 0 spiro atoms. The molecule has 2 fully saturated rings. The summed E-state index contributed by atoms with van der Waals surface area (Å²) in [6.07, 6.45) is 7.17. The first-order chi connectivity index (χ1) is 9.07. The van der Waals surface area contributed by atoms with Crippen molar-refractivity contribution in [1.29, 1.82) is 0 Å². The number of hydrogen-bond donors (Lipinski definition) is 1. The predicted molar refractivity (Wildman–Crippen MR) is 71.1 cm³/mol. The molecule has 0 aromatic carbocycles. The third-order valence-corrected chi connectivity index (χ3v) is 5.68. The highest BCUT2D eigenvalue weighted by Crippen LogP contribution is 2.32. The highest BCUT2D eigenvalue weighted by Gasteiger charge is 2.40. The lowest BCUT2D eigenvalue weighted by molar-refractivity contribution is 0.363. The molecule has 106 valence electrons. The van der Waals surface area contributed by atoms with Crippen molar-refractivity contribution in [2.75, 3.05) is 13.1 Å². The molecule has 1 aliphatic heterocycles. The molecule has 0 amide bonds. The van der Waals surface area contributed by atoms with Crippen LogP contribution in [0.1, 0.15) is 25.7 Å². The maximum absolute atomic E-state index is 12.7. The molecule has 0 bridgehead atoms. The minimum absolute atomic E-state index is 0.188. The van der Waals surface area contributed by atoms with Gasteiger partial charge in [-0.2, -0.15) is 9.40 Å². The summed E-state index contributed by atoms with van der Waals surface area (Å²) in [4.78, 5) is 0.305. The Bertz CT molecular complexity index is 544. The quantitative estimate of drug-likeness (QED) is 0.846. The molecule has 7 heteroatoms. The Morgan fingerprint density at radius 3 is 2.79 bits per heavy atom. The van der Waals surface area contributed by atoms with Crippen LogP contribution in [-0.4, -0.2) is 47.7 Å². The number of nitrogens with zero attached hydrogens (tertiary/aromatic N) is 3. The minimum atomic E-state index is -3.39. The Labute approximate surface area is 113 Å². The summed E-state index contributed by atoms with van der Waals surface area (Å²) in [6, 6.07) is 0.486. The molecule has 1 aromatic rings. The van der Waals surface area contributed by atoms with E-state index in [0.29, 0.717) is 17.5 Å². The van der Waals surface area contributed by atoms with Crippen molar-refractivity contribution >= 4 is 10.0 Å². The number of sulfonamides is 1. The zero-order valence-electron chi connectivity index (χ0n) is 11.1. The largest absolute Gasteiger partial charge is 0.313 e. The first-order valence-electron chi connectivity index (χ1n) is 6.81. The van der Waals surface area contributed by atoms with Crippen LogP contribution in [0.25, 0.3) is 0 Å². The molecule has 1 atom stereocenters. The fraction of sp³-hybridized carbons (Fsp3) is 0.750. The molecule has 1 saturated heterocycles. The molecule has 1 aliphatic carbocycles. The molecule has 2 aliphatic rings. The van der Waals surface area contributed by atoms with Gasteiger partial charge in [0.25, 0.3) is 0 Å². The van der Waals surface area contributed by atoms with Crippen molar-refractivity contribution in [2.24, 2.45) is 7.05 Å². The molecule has 3 rings (SSSR count). The van der Waals surface area contributed by atoms with Crippen molar-refractivity contribution in [3.63, 3.8) is 0 Å². The van der Waals surface area contributed by atoms with Gasteiger partial charge in [0.15, 0.2) is 0 Å². The molecule has 1 unspecified atom stereocenters. The van der Waals surface area contributed by atoms with E-state index in [1.807, 2.05) is 0 Å². The summed E-state index contributed by atoms with van der Waals surface area (Å²) in [5, 5.41) is 7.34. The Kier molecular flexibility index (Phi) is 3.36. The minimum Gasteiger partial charge on any atom is -0.313 e. The van der Waals surface area contributed by atoms with Gasteiger partial charge in [-0.3, -0.25) is 4.68 Å². The van der Waals surface area contributed by atoms with Gasteiger partial charge in [-0.15, -0.1) is 0 Å². The monoisotopic (exact) mass is 284 g/mol. The van der Waals surface area contributed by atoms with Gasteiger partial charge in [0.1, 0.15) is 4.90 Å². The molecule has 1 N–H and O–H groups in total. The molecule has 1 aromatic heterocycles. The summed E-state index contributed by atoms with van der Waals surface area (Å²) >= 11 is 0. The fourth-order valence-corrected chi connectivity index (χ4v) is 4.32. The zero-order chi connectivity index (χ0) is 13.5. The summed E-state index contributed by atoms with van der Waals surface area (Å²) in [5.74, 6) is 0. The molecule has 1 saturated carbocycles. The number of rotatable bonds is 5. The maximum atomic E-state index is 12.7. The molecule has 0 radical (unpaired) electrons. The van der Waals surface area contributed by atoms with Crippen LogP contribution in [0.4, 0.5) is 0 Å². The summed E-state index contributed by atoms with van der Waals surface area (Å²) < 4.78 is 28.5. The van der Waals surface area contributed by atoms with E-state index in [1.165, 1.54) is 10.9 Å². The molecular formula is C12H20N4O2S. The Hall–Kier alpha value is -0.920. The SMILES string of the molecule is Cn1cc(S(=O)(=O)N(CC2CCCN2)C2CC2)cn1. The summed E-state index contributed by atoms with van der Waals surface area (Å²) in [6.45, 7) is 1.58. The first-order valence-corrected chi connectivity index (χ1v) is 8.25. The summed E-state index contributed by atoms with van der Waals surface area (Å²) in [7, 11) is -1.66. The lowest BCUT2D eigenvalue weighted by Crippen LogP contribution is -2.42. The van der Waals surface area contributed by atoms with Gasteiger partial charge in [-0.1, -0.05) is 0 Å². The van der Waals surface area contributed by atoms with Gasteiger partial charge in [-0.25, -0.2) is 8.42 Å². The van der Waals surface area contributed by atoms with Gasteiger partial charge in [0.2, 0.25) is 10.0 Å². The number of nitrogens with one attached hydrogen (secondary N) is 1. The van der Waals surface area contributed by atoms with Crippen LogP contribution in [0.2, 0.25) is 0 Å². The van der Waals surface area contributed by atoms with Crippen molar-refractivity contribution < 1.29 is 8.42 Å². The highest BCUT2D eigenvalue weighted by atomic mass is 32.2. The second-order valence-corrected chi connectivity index (χ2v) is 7.34. The van der Waals surface area contributed by atoms with Crippen LogP contribution in [-0.2, 0) is 17.1 Å². The van der Waals surface area contributed by atoms with Gasteiger partial charge in [0, 0.05) is 31.9 Å². The van der Waals surface area contributed by atoms with Crippen molar-refractivity contribution in [3.8, 4) is 0 Å². The Morgan fingerprint density at radius 1 is 1.47 bits per heavy atom. The third-order valence-electron chi connectivity index (χ3n) is 3.80. The number of aryl methyl sites for hydroxylation is 1. The van der Waals surface area contributed by atoms with Crippen molar-refractivity contribution in [1.82, 2.24) is 19.4 Å². The highest BCUT2D eigenvalue weighted by molar-refractivity contribution is 7.89. The van der Waals surface area contributed by atoms with E-state index in [2.05, 4.69) is 10.4 Å². The fourth-order valence-electron chi connectivity index (χ4n) is 2.60. The van der Waals surface area contributed by atoms with Gasteiger partial charge < -0.3 is 5.32 Å². The predicted octanol–water partition coefficient (Wildman–Crippen LogP) is 0.325. The second-order valence-electron chi connectivity index (χ2n) is 5.45. The van der Waals surface area contributed by atoms with Crippen LogP contribution < -0.4 is 5.32 Å². The van der Waals surface area contributed by atoms with E-state index < -0.39 is 10.0 Å². The van der Waals surface area contributed by atoms with Crippen molar-refractivity contribution in [2.45, 2.75) is 42.7 Å². The third kappa shape index (κ3) is 2.68. The van der Waals surface area contributed by atoms with Crippen LogP contribution >= 0.6 is 0 Å². The Balaban J connectivity index is 1.82. The van der Waals surface area contributed by atoms with Gasteiger partial charge >= 0.3 is 0 Å². The first kappa shape index (κ1) is 13.1. The van der Waals surface area contributed by atoms with E-state index >= 15 is 0 Å². The van der Waals surface area contributed by atoms with Crippen LogP contribution in [0, 0.1) is 0 Å².